The first-order valence-electron chi connectivity index (χ1n) is 4.99. The second-order valence-electron chi connectivity index (χ2n) is 3.36. The topological polar surface area (TPSA) is 43.4 Å². The number of Topliss-reactive ketones (excluding diaryl/α,β-unsaturated/α-hetero) is 1. The minimum atomic E-state index is -0.288. The summed E-state index contributed by atoms with van der Waals surface area (Å²) in [6, 6.07) is 6.72. The molecule has 0 atom stereocenters. The molecule has 0 aliphatic carbocycles. The number of carbonyl (C=O) groups is 2. The molecule has 0 aliphatic rings. The van der Waals surface area contributed by atoms with E-state index in [-0.39, 0.29) is 18.2 Å². The van der Waals surface area contributed by atoms with Crippen LogP contribution in [0, 0.1) is 0 Å². The molecule has 3 nitrogen and oxygen atoms in total. The molecule has 0 unspecified atom stereocenters. The van der Waals surface area contributed by atoms with Crippen molar-refractivity contribution in [3.63, 3.8) is 0 Å². The molecular formula is C12H13ClO3. The van der Waals surface area contributed by atoms with Gasteiger partial charge in [-0.05, 0) is 30.7 Å². The predicted molar refractivity (Wildman–Crippen MR) is 61.6 cm³/mol. The van der Waals surface area contributed by atoms with Crippen molar-refractivity contribution in [2.75, 3.05) is 7.11 Å². The first-order valence-corrected chi connectivity index (χ1v) is 5.37. The lowest BCUT2D eigenvalue weighted by molar-refractivity contribution is -0.140. The third-order valence-electron chi connectivity index (χ3n) is 2.18. The first kappa shape index (κ1) is 12.7. The number of hydrogen-bond acceptors (Lipinski definition) is 3. The molecule has 0 aromatic heterocycles. The highest BCUT2D eigenvalue weighted by Crippen LogP contribution is 2.12. The van der Waals surface area contributed by atoms with Crippen molar-refractivity contribution in [1.29, 1.82) is 0 Å². The molecule has 0 aliphatic heterocycles. The molecule has 0 N–H and O–H groups in total. The lowest BCUT2D eigenvalue weighted by Gasteiger charge is -2.01. The molecule has 0 bridgehead atoms. The normalized spacial score (nSPS) is 9.88. The van der Waals surface area contributed by atoms with Crippen LogP contribution in [-0.2, 0) is 9.53 Å². The number of methoxy groups -OCH3 is 1. The molecule has 4 heteroatoms. The third kappa shape index (κ3) is 4.03. The standard InChI is InChI=1S/C12H13ClO3/c1-16-12(15)4-2-3-11(14)9-5-7-10(13)8-6-9/h5-8H,2-4H2,1H3. The highest BCUT2D eigenvalue weighted by atomic mass is 35.5. The summed E-state index contributed by atoms with van der Waals surface area (Å²) in [5.74, 6) is -0.274. The fraction of sp³-hybridized carbons (Fsp3) is 0.333. The van der Waals surface area contributed by atoms with E-state index in [1.165, 1.54) is 7.11 Å². The molecule has 86 valence electrons. The maximum atomic E-state index is 11.6. The SMILES string of the molecule is COC(=O)CCCC(=O)c1ccc(Cl)cc1. The van der Waals surface area contributed by atoms with Crippen LogP contribution in [0.5, 0.6) is 0 Å². The summed E-state index contributed by atoms with van der Waals surface area (Å²) in [5.41, 5.74) is 0.620. The van der Waals surface area contributed by atoms with E-state index in [4.69, 9.17) is 11.6 Å². The van der Waals surface area contributed by atoms with E-state index in [0.717, 1.165) is 0 Å². The Hall–Kier alpha value is -1.35. The number of hydrogen-bond donors (Lipinski definition) is 0. The number of ketones is 1. The number of carbonyl (C=O) groups excluding carboxylic acids is 2. The van der Waals surface area contributed by atoms with Gasteiger partial charge in [0.05, 0.1) is 7.11 Å². The third-order valence-corrected chi connectivity index (χ3v) is 2.43. The number of esters is 1. The molecule has 1 rings (SSSR count). The van der Waals surface area contributed by atoms with E-state index in [1.54, 1.807) is 24.3 Å². The van der Waals surface area contributed by atoms with Gasteiger partial charge in [0.1, 0.15) is 0 Å². The van der Waals surface area contributed by atoms with Crippen LogP contribution in [0.3, 0.4) is 0 Å². The Bertz CT molecular complexity index is 370. The van der Waals surface area contributed by atoms with Crippen LogP contribution < -0.4 is 0 Å². The maximum absolute atomic E-state index is 11.6. The molecular weight excluding hydrogens is 228 g/mol. The highest BCUT2D eigenvalue weighted by Gasteiger charge is 2.07. The average Bonchev–Trinajstić information content (AvgIpc) is 2.29. The Morgan fingerprint density at radius 1 is 1.19 bits per heavy atom. The number of ether oxygens (including phenoxy) is 1. The van der Waals surface area contributed by atoms with E-state index < -0.39 is 0 Å². The van der Waals surface area contributed by atoms with E-state index in [1.807, 2.05) is 0 Å². The monoisotopic (exact) mass is 240 g/mol. The Kier molecular flexibility index (Phi) is 4.99. The van der Waals surface area contributed by atoms with Crippen molar-refractivity contribution in [1.82, 2.24) is 0 Å². The quantitative estimate of drug-likeness (QED) is 0.587. The molecule has 1 aromatic carbocycles. The molecule has 0 heterocycles. The molecule has 0 amide bonds. The predicted octanol–water partition coefficient (Wildman–Crippen LogP) is 2.87. The zero-order valence-electron chi connectivity index (χ0n) is 9.03. The fourth-order valence-electron chi connectivity index (χ4n) is 1.28. The fourth-order valence-corrected chi connectivity index (χ4v) is 1.40. The van der Waals surface area contributed by atoms with Crippen molar-refractivity contribution < 1.29 is 14.3 Å². The van der Waals surface area contributed by atoms with Crippen LogP contribution >= 0.6 is 11.6 Å². The lowest BCUT2D eigenvalue weighted by atomic mass is 10.1. The lowest BCUT2D eigenvalue weighted by Crippen LogP contribution is -2.03. The number of halogens is 1. The Morgan fingerprint density at radius 3 is 2.38 bits per heavy atom. The van der Waals surface area contributed by atoms with Crippen LogP contribution in [0.25, 0.3) is 0 Å². The van der Waals surface area contributed by atoms with Crippen molar-refractivity contribution in [3.05, 3.63) is 34.9 Å². The van der Waals surface area contributed by atoms with Gasteiger partial charge in [0.2, 0.25) is 0 Å². The van der Waals surface area contributed by atoms with Gasteiger partial charge in [-0.2, -0.15) is 0 Å². The summed E-state index contributed by atoms with van der Waals surface area (Å²) in [6.45, 7) is 0. The van der Waals surface area contributed by atoms with Crippen molar-refractivity contribution in [3.8, 4) is 0 Å². The first-order chi connectivity index (χ1) is 7.63. The molecule has 16 heavy (non-hydrogen) atoms. The second kappa shape index (κ2) is 6.28. The molecule has 0 radical (unpaired) electrons. The van der Waals surface area contributed by atoms with Crippen molar-refractivity contribution >= 4 is 23.4 Å². The van der Waals surface area contributed by atoms with Gasteiger partial charge in [0.15, 0.2) is 5.78 Å². The second-order valence-corrected chi connectivity index (χ2v) is 3.80. The van der Waals surface area contributed by atoms with Crippen LogP contribution in [-0.4, -0.2) is 18.9 Å². The highest BCUT2D eigenvalue weighted by molar-refractivity contribution is 6.30. The van der Waals surface area contributed by atoms with Crippen LogP contribution in [0.4, 0.5) is 0 Å². The van der Waals surface area contributed by atoms with Crippen molar-refractivity contribution in [2.45, 2.75) is 19.3 Å². The Balaban J connectivity index is 2.41. The molecule has 0 saturated heterocycles. The summed E-state index contributed by atoms with van der Waals surface area (Å²) in [5, 5.41) is 0.603. The van der Waals surface area contributed by atoms with Gasteiger partial charge in [0.25, 0.3) is 0 Å². The van der Waals surface area contributed by atoms with Gasteiger partial charge >= 0.3 is 5.97 Å². The van der Waals surface area contributed by atoms with Crippen LogP contribution in [0.2, 0.25) is 5.02 Å². The molecule has 0 spiro atoms. The summed E-state index contributed by atoms with van der Waals surface area (Å²) < 4.78 is 4.49. The van der Waals surface area contributed by atoms with E-state index >= 15 is 0 Å². The smallest absolute Gasteiger partial charge is 0.305 e. The van der Waals surface area contributed by atoms with Gasteiger partial charge < -0.3 is 4.74 Å². The van der Waals surface area contributed by atoms with Crippen LogP contribution in [0.15, 0.2) is 24.3 Å². The summed E-state index contributed by atoms with van der Waals surface area (Å²) in [4.78, 5) is 22.5. The van der Waals surface area contributed by atoms with E-state index in [0.29, 0.717) is 23.4 Å². The van der Waals surface area contributed by atoms with Crippen LogP contribution in [0.1, 0.15) is 29.6 Å². The summed E-state index contributed by atoms with van der Waals surface area (Å²) >= 11 is 5.71. The maximum Gasteiger partial charge on any atom is 0.305 e. The number of benzene rings is 1. The van der Waals surface area contributed by atoms with Gasteiger partial charge in [-0.15, -0.1) is 0 Å². The average molecular weight is 241 g/mol. The van der Waals surface area contributed by atoms with Gasteiger partial charge in [-0.25, -0.2) is 0 Å². The molecule has 0 saturated carbocycles. The largest absolute Gasteiger partial charge is 0.469 e. The van der Waals surface area contributed by atoms with Crippen molar-refractivity contribution in [2.24, 2.45) is 0 Å². The van der Waals surface area contributed by atoms with Gasteiger partial charge in [-0.1, -0.05) is 11.6 Å². The number of rotatable bonds is 5. The Morgan fingerprint density at radius 2 is 1.81 bits per heavy atom. The van der Waals surface area contributed by atoms with E-state index in [2.05, 4.69) is 4.74 Å². The Labute approximate surface area is 99.4 Å². The van der Waals surface area contributed by atoms with Gasteiger partial charge in [-0.3, -0.25) is 9.59 Å². The van der Waals surface area contributed by atoms with E-state index in [9.17, 15) is 9.59 Å². The molecule has 1 aromatic rings. The minimum absolute atomic E-state index is 0.0144. The summed E-state index contributed by atoms with van der Waals surface area (Å²) in [7, 11) is 1.34. The minimum Gasteiger partial charge on any atom is -0.469 e. The molecule has 0 fully saturated rings. The zero-order chi connectivity index (χ0) is 12.0. The zero-order valence-corrected chi connectivity index (χ0v) is 9.79. The van der Waals surface area contributed by atoms with Gasteiger partial charge in [0, 0.05) is 23.4 Å². The summed E-state index contributed by atoms with van der Waals surface area (Å²) in [6.07, 6.45) is 1.13.